The number of rotatable bonds is 6. The van der Waals surface area contributed by atoms with Crippen LogP contribution in [0, 0.1) is 0 Å². The zero-order valence-electron chi connectivity index (χ0n) is 14.2. The summed E-state index contributed by atoms with van der Waals surface area (Å²) in [4.78, 5) is 26.9. The average molecular weight is 366 g/mol. The molecule has 26 heavy (non-hydrogen) atoms. The Morgan fingerprint density at radius 3 is 2.38 bits per heavy atom. The first-order chi connectivity index (χ1) is 12.6. The molecule has 0 aliphatic carbocycles. The maximum absolute atomic E-state index is 12.2. The number of nitrogens with one attached hydrogen (secondary N) is 2. The van der Waals surface area contributed by atoms with E-state index in [0.29, 0.717) is 10.7 Å². The Hall–Kier alpha value is -2.93. The summed E-state index contributed by atoms with van der Waals surface area (Å²) in [5.41, 5.74) is 1.67. The SMILES string of the molecule is C[C@H](NC(=O)CSc1nnc(-c2ccccc2)c(=O)[nH]1)c1ccccc1. The summed E-state index contributed by atoms with van der Waals surface area (Å²) in [6.07, 6.45) is 0. The fourth-order valence-electron chi connectivity index (χ4n) is 2.41. The molecule has 0 spiro atoms. The smallest absolute Gasteiger partial charge is 0.278 e. The van der Waals surface area contributed by atoms with Gasteiger partial charge in [0.05, 0.1) is 11.8 Å². The van der Waals surface area contributed by atoms with E-state index in [9.17, 15) is 9.59 Å². The number of carbonyl (C=O) groups is 1. The number of benzene rings is 2. The van der Waals surface area contributed by atoms with Crippen LogP contribution in [0.4, 0.5) is 0 Å². The van der Waals surface area contributed by atoms with Crippen molar-refractivity contribution in [3.8, 4) is 11.3 Å². The van der Waals surface area contributed by atoms with E-state index in [-0.39, 0.29) is 29.0 Å². The predicted octanol–water partition coefficient (Wildman–Crippen LogP) is 2.80. The van der Waals surface area contributed by atoms with Gasteiger partial charge >= 0.3 is 0 Å². The number of thioether (sulfide) groups is 1. The molecule has 1 atom stereocenters. The van der Waals surface area contributed by atoms with E-state index in [1.165, 1.54) is 0 Å². The molecule has 3 aromatic rings. The second-order valence-corrected chi connectivity index (χ2v) is 6.63. The standard InChI is InChI=1S/C19H18N4O2S/c1-13(14-8-4-2-5-9-14)20-16(24)12-26-19-21-18(25)17(22-23-19)15-10-6-3-7-11-15/h2-11,13H,12H2,1H3,(H,20,24)(H,21,23,25)/t13-/m0/s1. The van der Waals surface area contributed by atoms with Crippen LogP contribution in [-0.4, -0.2) is 26.8 Å². The highest BCUT2D eigenvalue weighted by atomic mass is 32.2. The van der Waals surface area contributed by atoms with Crippen molar-refractivity contribution in [2.75, 3.05) is 5.75 Å². The highest BCUT2D eigenvalue weighted by Crippen LogP contribution is 2.15. The molecule has 0 radical (unpaired) electrons. The first-order valence-corrected chi connectivity index (χ1v) is 9.11. The van der Waals surface area contributed by atoms with E-state index in [1.54, 1.807) is 12.1 Å². The van der Waals surface area contributed by atoms with E-state index in [1.807, 2.05) is 55.5 Å². The summed E-state index contributed by atoms with van der Waals surface area (Å²) in [5, 5.41) is 11.2. The maximum atomic E-state index is 12.2. The fourth-order valence-corrected chi connectivity index (χ4v) is 3.03. The second-order valence-electron chi connectivity index (χ2n) is 5.66. The van der Waals surface area contributed by atoms with Gasteiger partial charge in [0.2, 0.25) is 5.91 Å². The lowest BCUT2D eigenvalue weighted by Gasteiger charge is -2.13. The third-order valence-electron chi connectivity index (χ3n) is 3.74. The van der Waals surface area contributed by atoms with Crippen LogP contribution in [0.5, 0.6) is 0 Å². The molecule has 132 valence electrons. The molecule has 0 aliphatic rings. The molecule has 0 saturated carbocycles. The summed E-state index contributed by atoms with van der Waals surface area (Å²) in [5.74, 6) is 0.00748. The fraction of sp³-hybridized carbons (Fsp3) is 0.158. The molecule has 1 heterocycles. The van der Waals surface area contributed by atoms with Crippen LogP contribution in [0.3, 0.4) is 0 Å². The van der Waals surface area contributed by atoms with Crippen molar-refractivity contribution in [1.82, 2.24) is 20.5 Å². The lowest BCUT2D eigenvalue weighted by Crippen LogP contribution is -2.28. The maximum Gasteiger partial charge on any atom is 0.278 e. The van der Waals surface area contributed by atoms with Crippen LogP contribution in [-0.2, 0) is 4.79 Å². The van der Waals surface area contributed by atoms with Crippen LogP contribution in [0.15, 0.2) is 70.6 Å². The molecule has 3 rings (SSSR count). The molecule has 0 saturated heterocycles. The first kappa shape index (κ1) is 17.9. The van der Waals surface area contributed by atoms with Crippen molar-refractivity contribution < 1.29 is 4.79 Å². The summed E-state index contributed by atoms with van der Waals surface area (Å²) >= 11 is 1.14. The predicted molar refractivity (Wildman–Crippen MR) is 102 cm³/mol. The van der Waals surface area contributed by atoms with Crippen molar-refractivity contribution in [1.29, 1.82) is 0 Å². The number of amides is 1. The molecule has 2 aromatic carbocycles. The number of hydrogen-bond acceptors (Lipinski definition) is 5. The second kappa shape index (κ2) is 8.44. The molecule has 0 aliphatic heterocycles. The number of H-pyrrole nitrogens is 1. The Morgan fingerprint density at radius 2 is 1.73 bits per heavy atom. The zero-order valence-corrected chi connectivity index (χ0v) is 15.0. The van der Waals surface area contributed by atoms with E-state index >= 15 is 0 Å². The van der Waals surface area contributed by atoms with Crippen molar-refractivity contribution in [2.24, 2.45) is 0 Å². The topological polar surface area (TPSA) is 87.7 Å². The molecule has 7 heteroatoms. The number of nitrogens with zero attached hydrogens (tertiary/aromatic N) is 2. The normalized spacial score (nSPS) is 11.7. The minimum atomic E-state index is -0.327. The average Bonchev–Trinajstić information content (AvgIpc) is 2.68. The Kier molecular flexibility index (Phi) is 5.80. The van der Waals surface area contributed by atoms with Gasteiger partial charge in [0.25, 0.3) is 5.56 Å². The van der Waals surface area contributed by atoms with Crippen LogP contribution in [0.2, 0.25) is 0 Å². The molecule has 0 bridgehead atoms. The van der Waals surface area contributed by atoms with Crippen molar-refractivity contribution in [3.63, 3.8) is 0 Å². The Labute approximate surface area is 155 Å². The molecule has 0 fully saturated rings. The summed E-state index contributed by atoms with van der Waals surface area (Å²) in [7, 11) is 0. The van der Waals surface area contributed by atoms with E-state index < -0.39 is 0 Å². The minimum Gasteiger partial charge on any atom is -0.349 e. The van der Waals surface area contributed by atoms with E-state index in [2.05, 4.69) is 20.5 Å². The van der Waals surface area contributed by atoms with E-state index in [0.717, 1.165) is 17.3 Å². The van der Waals surface area contributed by atoms with Gasteiger partial charge in [-0.3, -0.25) is 14.6 Å². The summed E-state index contributed by atoms with van der Waals surface area (Å²) in [6.45, 7) is 1.92. The molecular weight excluding hydrogens is 348 g/mol. The Bertz CT molecular complexity index is 929. The van der Waals surface area contributed by atoms with Gasteiger partial charge < -0.3 is 5.32 Å². The van der Waals surface area contributed by atoms with Gasteiger partial charge in [-0.25, -0.2) is 0 Å². The molecule has 1 aromatic heterocycles. The zero-order chi connectivity index (χ0) is 18.4. The van der Waals surface area contributed by atoms with Crippen molar-refractivity contribution in [3.05, 3.63) is 76.6 Å². The lowest BCUT2D eigenvalue weighted by molar-refractivity contribution is -0.119. The van der Waals surface area contributed by atoms with Crippen LogP contribution in [0.1, 0.15) is 18.5 Å². The summed E-state index contributed by atoms with van der Waals surface area (Å²) < 4.78 is 0. The van der Waals surface area contributed by atoms with Gasteiger partial charge in [0, 0.05) is 5.56 Å². The number of aromatic nitrogens is 3. The van der Waals surface area contributed by atoms with Gasteiger partial charge in [0.15, 0.2) is 10.9 Å². The van der Waals surface area contributed by atoms with Gasteiger partial charge in [0.1, 0.15) is 0 Å². The Balaban J connectivity index is 1.59. The quantitative estimate of drug-likeness (QED) is 0.655. The molecule has 6 nitrogen and oxygen atoms in total. The van der Waals surface area contributed by atoms with Gasteiger partial charge in [-0.1, -0.05) is 72.4 Å². The van der Waals surface area contributed by atoms with Crippen LogP contribution in [0.25, 0.3) is 11.3 Å². The lowest BCUT2D eigenvalue weighted by atomic mass is 10.1. The van der Waals surface area contributed by atoms with E-state index in [4.69, 9.17) is 0 Å². The summed E-state index contributed by atoms with van der Waals surface area (Å²) in [6, 6.07) is 18.8. The Morgan fingerprint density at radius 1 is 1.08 bits per heavy atom. The van der Waals surface area contributed by atoms with Gasteiger partial charge in [-0.05, 0) is 12.5 Å². The number of hydrogen-bond donors (Lipinski definition) is 2. The molecule has 2 N–H and O–H groups in total. The third kappa shape index (κ3) is 4.58. The first-order valence-electron chi connectivity index (χ1n) is 8.13. The monoisotopic (exact) mass is 366 g/mol. The molecular formula is C19H18N4O2S. The minimum absolute atomic E-state index is 0.0881. The van der Waals surface area contributed by atoms with Crippen LogP contribution < -0.4 is 10.9 Å². The number of carbonyl (C=O) groups excluding carboxylic acids is 1. The van der Waals surface area contributed by atoms with Gasteiger partial charge in [-0.2, -0.15) is 0 Å². The van der Waals surface area contributed by atoms with Crippen molar-refractivity contribution in [2.45, 2.75) is 18.1 Å². The van der Waals surface area contributed by atoms with Crippen LogP contribution >= 0.6 is 11.8 Å². The molecule has 0 unspecified atom stereocenters. The highest BCUT2D eigenvalue weighted by Gasteiger charge is 2.12. The highest BCUT2D eigenvalue weighted by molar-refractivity contribution is 7.99. The number of aromatic amines is 1. The van der Waals surface area contributed by atoms with Crippen molar-refractivity contribution >= 4 is 17.7 Å². The largest absolute Gasteiger partial charge is 0.349 e. The molecule has 1 amide bonds. The third-order valence-corrected chi connectivity index (χ3v) is 4.60. The van der Waals surface area contributed by atoms with Gasteiger partial charge in [-0.15, -0.1) is 10.2 Å².